The number of morpholine rings is 1. The maximum Gasteiger partial charge on any atom is 0.270 e. The van der Waals surface area contributed by atoms with E-state index in [0.29, 0.717) is 6.54 Å². The highest BCUT2D eigenvalue weighted by atomic mass is 79.9. The Morgan fingerprint density at radius 3 is 2.83 bits per heavy atom. The molecule has 1 saturated heterocycles. The molecule has 2 aromatic heterocycles. The lowest BCUT2D eigenvalue weighted by Crippen LogP contribution is -2.39. The molecule has 1 aromatic carbocycles. The molecular weight excluding hydrogens is 470 g/mol. The zero-order valence-corrected chi connectivity index (χ0v) is 19.1. The summed E-state index contributed by atoms with van der Waals surface area (Å²) in [7, 11) is 0. The number of hydrogen-bond acceptors (Lipinski definition) is 6. The molecule has 0 radical (unpaired) electrons. The van der Waals surface area contributed by atoms with Gasteiger partial charge in [-0.25, -0.2) is 4.98 Å². The summed E-state index contributed by atoms with van der Waals surface area (Å²) in [6, 6.07) is 11.9. The predicted molar refractivity (Wildman–Crippen MR) is 123 cm³/mol. The Bertz CT molecular complexity index is 939. The predicted octanol–water partition coefficient (Wildman–Crippen LogP) is 5.00. The highest BCUT2D eigenvalue weighted by Crippen LogP contribution is 2.30. The van der Waals surface area contributed by atoms with Crippen LogP contribution in [-0.2, 0) is 4.74 Å². The molecule has 0 spiro atoms. The second-order valence-electron chi connectivity index (χ2n) is 6.77. The fourth-order valence-electron chi connectivity index (χ4n) is 3.26. The molecule has 3 aromatic rings. The Morgan fingerprint density at radius 2 is 2.07 bits per heavy atom. The van der Waals surface area contributed by atoms with E-state index in [4.69, 9.17) is 9.72 Å². The number of carbonyl (C=O) groups excluding carboxylic acids is 1. The van der Waals surface area contributed by atoms with E-state index in [1.165, 1.54) is 22.7 Å². The van der Waals surface area contributed by atoms with Crippen molar-refractivity contribution in [1.82, 2.24) is 9.88 Å². The number of thiazole rings is 1. The fraction of sp³-hybridized carbons (Fsp3) is 0.333. The second-order valence-corrected chi connectivity index (χ2v) is 9.47. The average Bonchev–Trinajstić information content (AvgIpc) is 3.44. The zero-order chi connectivity index (χ0) is 20.1. The van der Waals surface area contributed by atoms with Crippen LogP contribution in [-0.4, -0.2) is 55.2 Å². The molecule has 8 heteroatoms. The maximum absolute atomic E-state index is 13.2. The summed E-state index contributed by atoms with van der Waals surface area (Å²) >= 11 is 6.51. The minimum absolute atomic E-state index is 0.0251. The molecule has 0 saturated carbocycles. The third kappa shape index (κ3) is 5.32. The smallest absolute Gasteiger partial charge is 0.270 e. The van der Waals surface area contributed by atoms with Crippen molar-refractivity contribution in [1.29, 1.82) is 0 Å². The van der Waals surface area contributed by atoms with Crippen molar-refractivity contribution in [2.75, 3.05) is 44.3 Å². The SMILES string of the molecule is O=C(c1cccs1)N(CCCN1CCOCC1)c1nc(-c2cccc(Br)c2)cs1. The third-order valence-electron chi connectivity index (χ3n) is 4.78. The van der Waals surface area contributed by atoms with Gasteiger partial charge in [0.2, 0.25) is 0 Å². The molecule has 0 atom stereocenters. The first-order valence-electron chi connectivity index (χ1n) is 9.57. The Balaban J connectivity index is 1.51. The van der Waals surface area contributed by atoms with Crippen LogP contribution in [0.25, 0.3) is 11.3 Å². The lowest BCUT2D eigenvalue weighted by Gasteiger charge is -2.27. The Morgan fingerprint density at radius 1 is 1.21 bits per heavy atom. The Hall–Kier alpha value is -1.58. The molecular formula is C21H22BrN3O2S2. The van der Waals surface area contributed by atoms with E-state index < -0.39 is 0 Å². The molecule has 1 aliphatic heterocycles. The van der Waals surface area contributed by atoms with Gasteiger partial charge in [-0.2, -0.15) is 0 Å². The van der Waals surface area contributed by atoms with Crippen molar-refractivity contribution < 1.29 is 9.53 Å². The van der Waals surface area contributed by atoms with Crippen LogP contribution in [0, 0.1) is 0 Å². The zero-order valence-electron chi connectivity index (χ0n) is 15.9. The number of halogens is 1. The van der Waals surface area contributed by atoms with E-state index in [2.05, 4.69) is 20.8 Å². The first kappa shape index (κ1) is 20.7. The van der Waals surface area contributed by atoms with Crippen molar-refractivity contribution >= 4 is 49.6 Å². The van der Waals surface area contributed by atoms with Gasteiger partial charge in [0.25, 0.3) is 5.91 Å². The number of nitrogens with zero attached hydrogens (tertiary/aromatic N) is 3. The van der Waals surface area contributed by atoms with Crippen molar-refractivity contribution in [3.8, 4) is 11.3 Å². The summed E-state index contributed by atoms with van der Waals surface area (Å²) in [6.45, 7) is 5.12. The normalized spacial score (nSPS) is 14.8. The topological polar surface area (TPSA) is 45.7 Å². The summed E-state index contributed by atoms with van der Waals surface area (Å²) in [5.41, 5.74) is 1.93. The molecule has 1 amide bonds. The molecule has 1 fully saturated rings. The summed E-state index contributed by atoms with van der Waals surface area (Å²) in [6.07, 6.45) is 0.906. The fourth-order valence-corrected chi connectivity index (χ4v) is 5.19. The van der Waals surface area contributed by atoms with Gasteiger partial charge in [0.15, 0.2) is 5.13 Å². The van der Waals surface area contributed by atoms with Crippen LogP contribution in [0.5, 0.6) is 0 Å². The first-order valence-corrected chi connectivity index (χ1v) is 12.1. The van der Waals surface area contributed by atoms with E-state index in [0.717, 1.165) is 65.0 Å². The lowest BCUT2D eigenvalue weighted by molar-refractivity contribution is 0.0376. The van der Waals surface area contributed by atoms with Gasteiger partial charge in [-0.3, -0.25) is 14.6 Å². The molecule has 1 aliphatic rings. The van der Waals surface area contributed by atoms with Crippen LogP contribution < -0.4 is 4.90 Å². The number of amides is 1. The average molecular weight is 492 g/mol. The molecule has 0 bridgehead atoms. The van der Waals surface area contributed by atoms with E-state index in [1.807, 2.05) is 52.1 Å². The summed E-state index contributed by atoms with van der Waals surface area (Å²) in [5.74, 6) is 0.0251. The summed E-state index contributed by atoms with van der Waals surface area (Å²) in [4.78, 5) is 22.9. The molecule has 29 heavy (non-hydrogen) atoms. The lowest BCUT2D eigenvalue weighted by atomic mass is 10.2. The number of thiophene rings is 1. The van der Waals surface area contributed by atoms with Crippen LogP contribution in [0.15, 0.2) is 51.6 Å². The number of ether oxygens (including phenoxy) is 1. The van der Waals surface area contributed by atoms with E-state index in [-0.39, 0.29) is 5.91 Å². The minimum atomic E-state index is 0.0251. The molecule has 4 rings (SSSR count). The van der Waals surface area contributed by atoms with Gasteiger partial charge in [0, 0.05) is 41.6 Å². The van der Waals surface area contributed by atoms with E-state index in [1.54, 1.807) is 0 Å². The second kappa shape index (κ2) is 9.95. The Kier molecular flexibility index (Phi) is 7.10. The molecule has 5 nitrogen and oxygen atoms in total. The minimum Gasteiger partial charge on any atom is -0.379 e. The molecule has 152 valence electrons. The van der Waals surface area contributed by atoms with Gasteiger partial charge in [0.05, 0.1) is 23.8 Å². The van der Waals surface area contributed by atoms with Crippen molar-refractivity contribution in [3.63, 3.8) is 0 Å². The molecule has 0 N–H and O–H groups in total. The maximum atomic E-state index is 13.2. The van der Waals surface area contributed by atoms with Gasteiger partial charge < -0.3 is 4.74 Å². The number of benzene rings is 1. The van der Waals surface area contributed by atoms with Gasteiger partial charge in [0.1, 0.15) is 0 Å². The number of rotatable bonds is 7. The van der Waals surface area contributed by atoms with Crippen LogP contribution in [0.2, 0.25) is 0 Å². The van der Waals surface area contributed by atoms with Crippen LogP contribution in [0.1, 0.15) is 16.1 Å². The monoisotopic (exact) mass is 491 g/mol. The van der Waals surface area contributed by atoms with Gasteiger partial charge in [-0.1, -0.05) is 34.1 Å². The highest BCUT2D eigenvalue weighted by molar-refractivity contribution is 9.10. The quantitative estimate of drug-likeness (QED) is 0.466. The summed E-state index contributed by atoms with van der Waals surface area (Å²) in [5, 5.41) is 4.71. The van der Waals surface area contributed by atoms with E-state index >= 15 is 0 Å². The first-order chi connectivity index (χ1) is 14.2. The Labute approximate surface area is 187 Å². The van der Waals surface area contributed by atoms with Crippen molar-refractivity contribution in [2.24, 2.45) is 0 Å². The molecule has 0 unspecified atom stereocenters. The largest absolute Gasteiger partial charge is 0.379 e. The number of hydrogen-bond donors (Lipinski definition) is 0. The van der Waals surface area contributed by atoms with Crippen LogP contribution in [0.4, 0.5) is 5.13 Å². The number of aromatic nitrogens is 1. The van der Waals surface area contributed by atoms with Crippen LogP contribution in [0.3, 0.4) is 0 Å². The van der Waals surface area contributed by atoms with E-state index in [9.17, 15) is 4.79 Å². The van der Waals surface area contributed by atoms with Gasteiger partial charge in [-0.15, -0.1) is 22.7 Å². The number of anilines is 1. The third-order valence-corrected chi connectivity index (χ3v) is 6.99. The van der Waals surface area contributed by atoms with Crippen molar-refractivity contribution in [2.45, 2.75) is 6.42 Å². The standard InChI is InChI=1S/C21H22BrN3O2S2/c22-17-5-1-4-16(14-17)18-15-29-21(23-18)25(20(26)19-6-2-13-28-19)8-3-7-24-9-11-27-12-10-24/h1-2,4-6,13-15H,3,7-12H2. The van der Waals surface area contributed by atoms with Gasteiger partial charge >= 0.3 is 0 Å². The van der Waals surface area contributed by atoms with Gasteiger partial charge in [-0.05, 0) is 30.0 Å². The highest BCUT2D eigenvalue weighted by Gasteiger charge is 2.22. The molecule has 0 aliphatic carbocycles. The molecule has 3 heterocycles. The number of carbonyl (C=O) groups is 1. The van der Waals surface area contributed by atoms with Crippen molar-refractivity contribution in [3.05, 3.63) is 56.5 Å². The van der Waals surface area contributed by atoms with Crippen LogP contribution >= 0.6 is 38.6 Å². The summed E-state index contributed by atoms with van der Waals surface area (Å²) < 4.78 is 6.44.